The van der Waals surface area contributed by atoms with Crippen LogP contribution in [0.15, 0.2) is 60.5 Å². The molecule has 0 spiro atoms. The summed E-state index contributed by atoms with van der Waals surface area (Å²) in [5.74, 6) is 1.24. The molecular weight excluding hydrogens is 524 g/mol. The molecular formula is C24H21BrN2O6S. The molecule has 10 heteroatoms. The van der Waals surface area contributed by atoms with Gasteiger partial charge < -0.3 is 18.6 Å². The van der Waals surface area contributed by atoms with E-state index in [1.165, 1.54) is 11.3 Å². The summed E-state index contributed by atoms with van der Waals surface area (Å²) in [7, 11) is 0. The third-order valence-corrected chi connectivity index (χ3v) is 6.88. The molecule has 2 aromatic heterocycles. The molecule has 0 aliphatic carbocycles. The standard InChI is InChI=1S/C24H21BrN2O6S/c1-3-5-15-20(23(29)30-4-2)21(13-6-8-16-17(10-13)32-12-31-16)27-22(28)18(34-24(27)26-15)11-14-7-9-19(25)33-14/h6-11,21H,3-5,12H2,1-2H3/b18-11-. The van der Waals surface area contributed by atoms with E-state index in [2.05, 4.69) is 15.9 Å². The highest BCUT2D eigenvalue weighted by Gasteiger charge is 2.35. The Bertz CT molecular complexity index is 1480. The van der Waals surface area contributed by atoms with Gasteiger partial charge in [0.2, 0.25) is 6.79 Å². The van der Waals surface area contributed by atoms with Crippen LogP contribution >= 0.6 is 27.3 Å². The van der Waals surface area contributed by atoms with Crippen molar-refractivity contribution >= 4 is 39.3 Å². The molecule has 8 nitrogen and oxygen atoms in total. The summed E-state index contributed by atoms with van der Waals surface area (Å²) < 4.78 is 24.6. The lowest BCUT2D eigenvalue weighted by Gasteiger charge is -2.25. The van der Waals surface area contributed by atoms with E-state index in [0.29, 0.717) is 54.5 Å². The van der Waals surface area contributed by atoms with Crippen molar-refractivity contribution in [1.82, 2.24) is 4.57 Å². The summed E-state index contributed by atoms with van der Waals surface area (Å²) in [4.78, 5) is 32.1. The smallest absolute Gasteiger partial charge is 0.338 e. The van der Waals surface area contributed by atoms with Gasteiger partial charge in [0.15, 0.2) is 21.0 Å². The molecule has 0 amide bonds. The number of nitrogens with zero attached hydrogens (tertiary/aromatic N) is 2. The number of rotatable bonds is 6. The first-order valence-corrected chi connectivity index (χ1v) is 12.5. The van der Waals surface area contributed by atoms with Crippen LogP contribution in [0.4, 0.5) is 0 Å². The van der Waals surface area contributed by atoms with Crippen molar-refractivity contribution in [2.24, 2.45) is 4.99 Å². The maximum atomic E-state index is 13.6. The second-order valence-electron chi connectivity index (χ2n) is 7.67. The van der Waals surface area contributed by atoms with Crippen LogP contribution in [-0.4, -0.2) is 23.9 Å². The van der Waals surface area contributed by atoms with Gasteiger partial charge in [-0.25, -0.2) is 9.79 Å². The maximum Gasteiger partial charge on any atom is 0.338 e. The van der Waals surface area contributed by atoms with E-state index in [9.17, 15) is 9.59 Å². The minimum absolute atomic E-state index is 0.127. The summed E-state index contributed by atoms with van der Waals surface area (Å²) in [6.07, 6.45) is 3.04. The molecule has 2 aliphatic rings. The highest BCUT2D eigenvalue weighted by molar-refractivity contribution is 9.10. The molecule has 0 fully saturated rings. The van der Waals surface area contributed by atoms with Crippen LogP contribution < -0.4 is 24.4 Å². The van der Waals surface area contributed by atoms with Gasteiger partial charge in [-0.15, -0.1) is 0 Å². The number of thiazole rings is 1. The number of carbonyl (C=O) groups is 1. The number of hydrogen-bond donors (Lipinski definition) is 0. The molecule has 4 heterocycles. The summed E-state index contributed by atoms with van der Waals surface area (Å²) in [6, 6.07) is 8.25. The van der Waals surface area contributed by atoms with Crippen LogP contribution in [0, 0.1) is 0 Å². The maximum absolute atomic E-state index is 13.6. The molecule has 1 aromatic carbocycles. The number of allylic oxidation sites excluding steroid dienone is 1. The predicted molar refractivity (Wildman–Crippen MR) is 129 cm³/mol. The molecule has 0 bridgehead atoms. The van der Waals surface area contributed by atoms with E-state index >= 15 is 0 Å². The Morgan fingerprint density at radius 3 is 2.82 bits per heavy atom. The fraction of sp³-hybridized carbons (Fsp3) is 0.292. The number of ether oxygens (including phenoxy) is 3. The molecule has 2 aliphatic heterocycles. The zero-order valence-electron chi connectivity index (χ0n) is 18.5. The second-order valence-corrected chi connectivity index (χ2v) is 9.46. The van der Waals surface area contributed by atoms with Gasteiger partial charge >= 0.3 is 5.97 Å². The Balaban J connectivity index is 1.76. The molecule has 34 heavy (non-hydrogen) atoms. The molecule has 1 atom stereocenters. The van der Waals surface area contributed by atoms with E-state index < -0.39 is 12.0 Å². The third kappa shape index (κ3) is 4.01. The topological polar surface area (TPSA) is 92.3 Å². The van der Waals surface area contributed by atoms with Crippen molar-refractivity contribution in [2.45, 2.75) is 32.7 Å². The molecule has 1 unspecified atom stereocenters. The van der Waals surface area contributed by atoms with Crippen molar-refractivity contribution < 1.29 is 23.4 Å². The van der Waals surface area contributed by atoms with Gasteiger partial charge in [0, 0.05) is 6.08 Å². The predicted octanol–water partition coefficient (Wildman–Crippen LogP) is 3.66. The molecule has 3 aromatic rings. The second kappa shape index (κ2) is 9.27. The average Bonchev–Trinajstić information content (AvgIpc) is 3.52. The zero-order valence-corrected chi connectivity index (χ0v) is 20.9. The normalized spacial score (nSPS) is 17.0. The monoisotopic (exact) mass is 544 g/mol. The van der Waals surface area contributed by atoms with Crippen LogP contribution in [0.2, 0.25) is 0 Å². The Labute approximate surface area is 206 Å². The molecule has 0 N–H and O–H groups in total. The van der Waals surface area contributed by atoms with Crippen molar-refractivity contribution in [3.8, 4) is 11.5 Å². The summed E-state index contributed by atoms with van der Waals surface area (Å²) in [6.45, 7) is 4.12. The van der Waals surface area contributed by atoms with Crippen molar-refractivity contribution in [1.29, 1.82) is 0 Å². The van der Waals surface area contributed by atoms with E-state index in [4.69, 9.17) is 23.6 Å². The van der Waals surface area contributed by atoms with Crippen molar-refractivity contribution in [3.05, 3.63) is 77.3 Å². The van der Waals surface area contributed by atoms with Crippen LogP contribution in [0.25, 0.3) is 6.08 Å². The highest BCUT2D eigenvalue weighted by atomic mass is 79.9. The Morgan fingerprint density at radius 1 is 1.26 bits per heavy atom. The number of fused-ring (bicyclic) bond motifs is 2. The number of esters is 1. The van der Waals surface area contributed by atoms with E-state index in [1.54, 1.807) is 35.8 Å². The third-order valence-electron chi connectivity index (χ3n) is 5.47. The number of carbonyl (C=O) groups excluding carboxylic acids is 1. The molecule has 0 radical (unpaired) electrons. The number of benzene rings is 1. The molecule has 5 rings (SSSR count). The van der Waals surface area contributed by atoms with E-state index in [-0.39, 0.29) is 19.0 Å². The lowest BCUT2D eigenvalue weighted by Crippen LogP contribution is -2.40. The van der Waals surface area contributed by atoms with Crippen LogP contribution in [0.3, 0.4) is 0 Å². The molecule has 0 saturated heterocycles. The van der Waals surface area contributed by atoms with Gasteiger partial charge in [0.05, 0.1) is 28.5 Å². The number of hydrogen-bond acceptors (Lipinski definition) is 8. The fourth-order valence-corrected chi connectivity index (χ4v) is 5.37. The van der Waals surface area contributed by atoms with E-state index in [0.717, 1.165) is 6.42 Å². The van der Waals surface area contributed by atoms with Crippen LogP contribution in [0.1, 0.15) is 44.1 Å². The van der Waals surface area contributed by atoms with Crippen LogP contribution in [-0.2, 0) is 9.53 Å². The summed E-state index contributed by atoms with van der Waals surface area (Å²) >= 11 is 4.54. The van der Waals surface area contributed by atoms with Gasteiger partial charge in [0.25, 0.3) is 5.56 Å². The first kappa shape index (κ1) is 22.7. The van der Waals surface area contributed by atoms with Gasteiger partial charge in [-0.1, -0.05) is 30.7 Å². The Kier molecular flexibility index (Phi) is 6.18. The minimum Gasteiger partial charge on any atom is -0.463 e. The first-order valence-electron chi connectivity index (χ1n) is 10.9. The first-order chi connectivity index (χ1) is 16.5. The van der Waals surface area contributed by atoms with Crippen LogP contribution in [0.5, 0.6) is 11.5 Å². The van der Waals surface area contributed by atoms with Gasteiger partial charge in [0.1, 0.15) is 5.76 Å². The van der Waals surface area contributed by atoms with Gasteiger partial charge in [-0.05, 0) is 59.1 Å². The summed E-state index contributed by atoms with van der Waals surface area (Å²) in [5.41, 5.74) is 1.43. The van der Waals surface area contributed by atoms with Crippen molar-refractivity contribution in [2.75, 3.05) is 13.4 Å². The molecule has 176 valence electrons. The lowest BCUT2D eigenvalue weighted by atomic mass is 9.94. The van der Waals surface area contributed by atoms with Gasteiger partial charge in [-0.3, -0.25) is 9.36 Å². The molecule has 0 saturated carbocycles. The number of furan rings is 1. The number of halogens is 1. The van der Waals surface area contributed by atoms with Gasteiger partial charge in [-0.2, -0.15) is 0 Å². The highest BCUT2D eigenvalue weighted by Crippen LogP contribution is 2.38. The largest absolute Gasteiger partial charge is 0.463 e. The lowest BCUT2D eigenvalue weighted by molar-refractivity contribution is -0.139. The fourth-order valence-electron chi connectivity index (χ4n) is 4.05. The minimum atomic E-state index is -0.711. The van der Waals surface area contributed by atoms with E-state index in [1.807, 2.05) is 19.1 Å². The average molecular weight is 545 g/mol. The Hall–Kier alpha value is -3.11. The number of aromatic nitrogens is 1. The zero-order chi connectivity index (χ0) is 23.8. The Morgan fingerprint density at radius 2 is 2.09 bits per heavy atom. The quantitative estimate of drug-likeness (QED) is 0.439. The van der Waals surface area contributed by atoms with Crippen molar-refractivity contribution in [3.63, 3.8) is 0 Å². The summed E-state index contributed by atoms with van der Waals surface area (Å²) in [5, 5.41) is 0. The SMILES string of the molecule is CCCC1=C(C(=O)OCC)C(c2ccc3c(c2)OCO3)n2c(s/c(=C\c3ccc(Br)o3)c2=O)=N1.